The zero-order valence-corrected chi connectivity index (χ0v) is 18.6. The molecule has 0 bridgehead atoms. The second-order valence-electron chi connectivity index (χ2n) is 7.67. The van der Waals surface area contributed by atoms with E-state index in [1.54, 1.807) is 30.3 Å². The maximum Gasteiger partial charge on any atom is 0.326 e. The predicted molar refractivity (Wildman–Crippen MR) is 119 cm³/mol. The number of hydrogen-bond donors (Lipinski definition) is 8. The van der Waals surface area contributed by atoms with Gasteiger partial charge in [0.1, 0.15) is 24.2 Å². The molecule has 5 atom stereocenters. The lowest BCUT2D eigenvalue weighted by Gasteiger charge is -2.25. The molecule has 0 radical (unpaired) electrons. The van der Waals surface area contributed by atoms with E-state index in [0.717, 1.165) is 0 Å². The molecule has 10 N–H and O–H groups in total. The van der Waals surface area contributed by atoms with Crippen molar-refractivity contribution < 1.29 is 39.3 Å². The van der Waals surface area contributed by atoms with Gasteiger partial charge in [-0.2, -0.15) is 0 Å². The first-order valence-corrected chi connectivity index (χ1v) is 10.5. The second kappa shape index (κ2) is 13.9. The number of nitrogens with two attached hydrogens (primary N) is 2. The molecule has 1 rings (SSSR count). The van der Waals surface area contributed by atoms with Crippen molar-refractivity contribution in [2.45, 2.75) is 56.5 Å². The van der Waals surface area contributed by atoms with Gasteiger partial charge in [0.15, 0.2) is 0 Å². The predicted octanol–water partition coefficient (Wildman–Crippen LogP) is -3.27. The number of aliphatic hydroxyl groups excluding tert-OH is 2. The standard InChI is InChI=1S/C21H31N5O8/c1-11(28)17(23)20(32)26-15(10-27)19(31)25-14(9-12-5-3-2-4-6-12)18(30)24-13(21(33)34)7-8-16(22)29/h2-6,11,13-15,17,27-28H,7-10,23H2,1H3,(H2,22,29)(H,24,30)(H,25,31)(H,26,32)(H,33,34). The Kier molecular flexibility index (Phi) is 11.6. The van der Waals surface area contributed by atoms with Crippen LogP contribution in [-0.4, -0.2) is 81.8 Å². The summed E-state index contributed by atoms with van der Waals surface area (Å²) >= 11 is 0. The van der Waals surface area contributed by atoms with Crippen molar-refractivity contribution in [1.82, 2.24) is 16.0 Å². The number of benzene rings is 1. The Morgan fingerprint density at radius 2 is 1.44 bits per heavy atom. The summed E-state index contributed by atoms with van der Waals surface area (Å²) < 4.78 is 0. The van der Waals surface area contributed by atoms with E-state index in [1.807, 2.05) is 0 Å². The summed E-state index contributed by atoms with van der Waals surface area (Å²) in [4.78, 5) is 60.1. The molecule has 5 unspecified atom stereocenters. The average Bonchev–Trinajstić information content (AvgIpc) is 2.78. The normalized spacial score (nSPS) is 15.2. The molecule has 0 aliphatic rings. The Morgan fingerprint density at radius 3 is 1.94 bits per heavy atom. The number of rotatable bonds is 14. The lowest BCUT2D eigenvalue weighted by molar-refractivity contribution is -0.142. The van der Waals surface area contributed by atoms with Crippen molar-refractivity contribution in [2.24, 2.45) is 11.5 Å². The van der Waals surface area contributed by atoms with Crippen LogP contribution in [0.1, 0.15) is 25.3 Å². The monoisotopic (exact) mass is 481 g/mol. The number of carboxylic acids is 1. The van der Waals surface area contributed by atoms with Crippen molar-refractivity contribution in [3.8, 4) is 0 Å². The van der Waals surface area contributed by atoms with Gasteiger partial charge >= 0.3 is 5.97 Å². The van der Waals surface area contributed by atoms with Crippen LogP contribution < -0.4 is 27.4 Å². The molecule has 0 aromatic heterocycles. The van der Waals surface area contributed by atoms with Gasteiger partial charge in [-0.3, -0.25) is 19.2 Å². The molecule has 0 saturated heterocycles. The minimum atomic E-state index is -1.49. The van der Waals surface area contributed by atoms with Crippen molar-refractivity contribution in [2.75, 3.05) is 6.61 Å². The van der Waals surface area contributed by atoms with Gasteiger partial charge in [0.25, 0.3) is 0 Å². The number of amides is 4. The number of nitrogens with one attached hydrogen (secondary N) is 3. The van der Waals surface area contributed by atoms with E-state index in [2.05, 4.69) is 16.0 Å². The summed E-state index contributed by atoms with van der Waals surface area (Å²) in [6.07, 6.45) is -1.79. The van der Waals surface area contributed by atoms with E-state index in [0.29, 0.717) is 5.56 Å². The third-order valence-corrected chi connectivity index (χ3v) is 4.85. The molecular weight excluding hydrogens is 450 g/mol. The van der Waals surface area contributed by atoms with Gasteiger partial charge in [-0.1, -0.05) is 30.3 Å². The first-order valence-electron chi connectivity index (χ1n) is 10.5. The fourth-order valence-electron chi connectivity index (χ4n) is 2.83. The summed E-state index contributed by atoms with van der Waals surface area (Å²) in [7, 11) is 0. The Bertz CT molecular complexity index is 864. The Labute approximate surface area is 195 Å². The summed E-state index contributed by atoms with van der Waals surface area (Å²) in [6, 6.07) is 2.93. The van der Waals surface area contributed by atoms with E-state index < -0.39 is 66.5 Å². The number of carbonyl (C=O) groups is 5. The van der Waals surface area contributed by atoms with E-state index in [1.165, 1.54) is 6.92 Å². The lowest BCUT2D eigenvalue weighted by Crippen LogP contribution is -2.59. The average molecular weight is 482 g/mol. The summed E-state index contributed by atoms with van der Waals surface area (Å²) in [5.74, 6) is -4.84. The zero-order chi connectivity index (χ0) is 25.8. The highest BCUT2D eigenvalue weighted by Gasteiger charge is 2.31. The quantitative estimate of drug-likeness (QED) is 0.133. The van der Waals surface area contributed by atoms with Gasteiger partial charge in [-0.15, -0.1) is 0 Å². The lowest BCUT2D eigenvalue weighted by atomic mass is 10.0. The number of carbonyl (C=O) groups excluding carboxylic acids is 4. The SMILES string of the molecule is CC(O)C(N)C(=O)NC(CO)C(=O)NC(Cc1ccccc1)C(=O)NC(CCC(N)=O)C(=O)O. The largest absolute Gasteiger partial charge is 0.480 e. The van der Waals surface area contributed by atoms with E-state index >= 15 is 0 Å². The summed E-state index contributed by atoms with van der Waals surface area (Å²) in [5, 5.41) is 35.1. The Hall–Kier alpha value is -3.55. The highest BCUT2D eigenvalue weighted by Crippen LogP contribution is 2.06. The smallest absolute Gasteiger partial charge is 0.326 e. The highest BCUT2D eigenvalue weighted by molar-refractivity contribution is 5.94. The second-order valence-corrected chi connectivity index (χ2v) is 7.67. The maximum atomic E-state index is 12.9. The first kappa shape index (κ1) is 28.5. The van der Waals surface area contributed by atoms with Crippen LogP contribution in [0.25, 0.3) is 0 Å². The third kappa shape index (κ3) is 9.52. The van der Waals surface area contributed by atoms with Crippen molar-refractivity contribution in [3.63, 3.8) is 0 Å². The first-order chi connectivity index (χ1) is 16.0. The number of aliphatic hydroxyl groups is 2. The molecule has 1 aromatic carbocycles. The van der Waals surface area contributed by atoms with Crippen LogP contribution in [0.3, 0.4) is 0 Å². The molecule has 4 amide bonds. The van der Waals surface area contributed by atoms with Gasteiger partial charge in [-0.05, 0) is 18.9 Å². The van der Waals surface area contributed by atoms with Crippen LogP contribution in [0, 0.1) is 0 Å². The van der Waals surface area contributed by atoms with Crippen LogP contribution in [0.5, 0.6) is 0 Å². The molecule has 0 saturated carbocycles. The highest BCUT2D eigenvalue weighted by atomic mass is 16.4. The van der Waals surface area contributed by atoms with E-state index in [4.69, 9.17) is 11.5 Å². The molecule has 0 aliphatic carbocycles. The Balaban J connectivity index is 3.02. The zero-order valence-electron chi connectivity index (χ0n) is 18.6. The van der Waals surface area contributed by atoms with Gasteiger partial charge < -0.3 is 42.7 Å². The van der Waals surface area contributed by atoms with Crippen LogP contribution in [0.15, 0.2) is 30.3 Å². The van der Waals surface area contributed by atoms with Crippen LogP contribution in [-0.2, 0) is 30.4 Å². The molecule has 34 heavy (non-hydrogen) atoms. The molecule has 13 nitrogen and oxygen atoms in total. The van der Waals surface area contributed by atoms with Crippen molar-refractivity contribution >= 4 is 29.6 Å². The summed E-state index contributed by atoms with van der Waals surface area (Å²) in [5.41, 5.74) is 11.2. The van der Waals surface area contributed by atoms with E-state index in [9.17, 15) is 39.3 Å². The van der Waals surface area contributed by atoms with Crippen molar-refractivity contribution in [1.29, 1.82) is 0 Å². The summed E-state index contributed by atoms with van der Waals surface area (Å²) in [6.45, 7) is 0.440. The fourth-order valence-corrected chi connectivity index (χ4v) is 2.83. The Morgan fingerprint density at radius 1 is 0.912 bits per heavy atom. The van der Waals surface area contributed by atoms with Gasteiger partial charge in [0.05, 0.1) is 12.7 Å². The third-order valence-electron chi connectivity index (χ3n) is 4.85. The molecule has 13 heteroatoms. The minimum Gasteiger partial charge on any atom is -0.480 e. The number of carboxylic acid groups (broad SMARTS) is 1. The molecule has 0 spiro atoms. The topological polar surface area (TPSA) is 234 Å². The molecule has 0 fully saturated rings. The molecular formula is C21H31N5O8. The van der Waals surface area contributed by atoms with E-state index in [-0.39, 0.29) is 19.3 Å². The van der Waals surface area contributed by atoms with Gasteiger partial charge in [-0.25, -0.2) is 4.79 Å². The molecule has 0 aliphatic heterocycles. The maximum absolute atomic E-state index is 12.9. The van der Waals surface area contributed by atoms with Crippen LogP contribution in [0.2, 0.25) is 0 Å². The van der Waals surface area contributed by atoms with Crippen molar-refractivity contribution in [3.05, 3.63) is 35.9 Å². The fraction of sp³-hybridized carbons (Fsp3) is 0.476. The van der Waals surface area contributed by atoms with Gasteiger partial charge in [0, 0.05) is 12.8 Å². The molecule has 1 aromatic rings. The van der Waals surface area contributed by atoms with Gasteiger partial charge in [0.2, 0.25) is 23.6 Å². The number of hydrogen-bond acceptors (Lipinski definition) is 8. The number of aliphatic carboxylic acids is 1. The number of primary amides is 1. The molecule has 188 valence electrons. The van der Waals surface area contributed by atoms with Crippen LogP contribution in [0.4, 0.5) is 0 Å². The minimum absolute atomic E-state index is 0.0418. The van der Waals surface area contributed by atoms with Crippen LogP contribution >= 0.6 is 0 Å². The molecule has 0 heterocycles.